The van der Waals surface area contributed by atoms with Crippen LogP contribution >= 0.6 is 0 Å². The molecule has 0 radical (unpaired) electrons. The number of hydrogen-bond donors (Lipinski definition) is 1. The highest BCUT2D eigenvalue weighted by Crippen LogP contribution is 2.13. The first kappa shape index (κ1) is 13.9. The molecule has 0 aliphatic heterocycles. The molecule has 0 aliphatic rings. The zero-order valence-corrected chi connectivity index (χ0v) is 11.2. The molecule has 0 fully saturated rings. The standard InChI is InChI=1S/C13H23N3O/c1-5-6-7-16-13(17)11(10(4)14)8-12(15-16)9(2)3/h8-10H,5-7,14H2,1-4H3. The van der Waals surface area contributed by atoms with Gasteiger partial charge >= 0.3 is 0 Å². The van der Waals surface area contributed by atoms with Crippen LogP contribution in [0.3, 0.4) is 0 Å². The molecule has 4 heteroatoms. The SMILES string of the molecule is CCCCn1nc(C(C)C)cc(C(C)N)c1=O. The van der Waals surface area contributed by atoms with Crippen molar-refractivity contribution in [3.63, 3.8) is 0 Å². The summed E-state index contributed by atoms with van der Waals surface area (Å²) in [6.07, 6.45) is 2.01. The van der Waals surface area contributed by atoms with E-state index in [1.54, 1.807) is 4.68 Å². The Morgan fingerprint density at radius 1 is 1.41 bits per heavy atom. The highest BCUT2D eigenvalue weighted by atomic mass is 16.1. The van der Waals surface area contributed by atoms with Crippen molar-refractivity contribution in [1.29, 1.82) is 0 Å². The van der Waals surface area contributed by atoms with Crippen molar-refractivity contribution in [3.05, 3.63) is 27.7 Å². The summed E-state index contributed by atoms with van der Waals surface area (Å²) < 4.78 is 1.57. The second kappa shape index (κ2) is 5.96. The van der Waals surface area contributed by atoms with Crippen molar-refractivity contribution < 1.29 is 0 Å². The normalized spacial score (nSPS) is 13.1. The Balaban J connectivity index is 3.23. The fourth-order valence-corrected chi connectivity index (χ4v) is 1.65. The predicted octanol–water partition coefficient (Wildman–Crippen LogP) is 2.19. The number of hydrogen-bond acceptors (Lipinski definition) is 3. The fraction of sp³-hybridized carbons (Fsp3) is 0.692. The molecule has 0 amide bonds. The van der Waals surface area contributed by atoms with Crippen molar-refractivity contribution in [3.8, 4) is 0 Å². The molecule has 0 aromatic carbocycles. The van der Waals surface area contributed by atoms with Crippen LogP contribution in [0.5, 0.6) is 0 Å². The molecule has 0 aliphatic carbocycles. The van der Waals surface area contributed by atoms with Gasteiger partial charge in [-0.25, -0.2) is 4.68 Å². The van der Waals surface area contributed by atoms with Gasteiger partial charge in [0.1, 0.15) is 0 Å². The lowest BCUT2D eigenvalue weighted by molar-refractivity contribution is 0.517. The lowest BCUT2D eigenvalue weighted by Crippen LogP contribution is -2.30. The molecule has 0 saturated carbocycles. The van der Waals surface area contributed by atoms with E-state index in [0.29, 0.717) is 18.0 Å². The van der Waals surface area contributed by atoms with Crippen LogP contribution in [0.4, 0.5) is 0 Å². The van der Waals surface area contributed by atoms with Gasteiger partial charge in [-0.3, -0.25) is 4.79 Å². The molecule has 1 aromatic rings. The number of unbranched alkanes of at least 4 members (excludes halogenated alkanes) is 1. The third kappa shape index (κ3) is 3.40. The molecular formula is C13H23N3O. The van der Waals surface area contributed by atoms with Crippen LogP contribution in [0.15, 0.2) is 10.9 Å². The minimum absolute atomic E-state index is 0.0437. The van der Waals surface area contributed by atoms with Crippen molar-refractivity contribution >= 4 is 0 Å². The van der Waals surface area contributed by atoms with E-state index in [2.05, 4.69) is 25.9 Å². The van der Waals surface area contributed by atoms with E-state index in [1.165, 1.54) is 0 Å². The molecule has 0 saturated heterocycles. The van der Waals surface area contributed by atoms with Crippen LogP contribution in [0.25, 0.3) is 0 Å². The first-order chi connectivity index (χ1) is 7.97. The Kier molecular flexibility index (Phi) is 4.87. The zero-order chi connectivity index (χ0) is 13.0. The van der Waals surface area contributed by atoms with E-state index in [9.17, 15) is 4.79 Å². The van der Waals surface area contributed by atoms with Crippen LogP contribution in [-0.2, 0) is 6.54 Å². The summed E-state index contributed by atoms with van der Waals surface area (Å²) >= 11 is 0. The van der Waals surface area contributed by atoms with Gasteiger partial charge in [-0.1, -0.05) is 27.2 Å². The van der Waals surface area contributed by atoms with Gasteiger partial charge in [0.15, 0.2) is 0 Å². The molecule has 0 spiro atoms. The summed E-state index contributed by atoms with van der Waals surface area (Å²) in [5.74, 6) is 0.306. The lowest BCUT2D eigenvalue weighted by atomic mass is 10.1. The Bertz CT molecular complexity index is 421. The van der Waals surface area contributed by atoms with Gasteiger partial charge in [0.05, 0.1) is 5.69 Å². The summed E-state index contributed by atoms with van der Waals surface area (Å²) in [5, 5.41) is 4.40. The molecule has 4 nitrogen and oxygen atoms in total. The summed E-state index contributed by atoms with van der Waals surface area (Å²) in [6, 6.07) is 1.61. The van der Waals surface area contributed by atoms with Crippen LogP contribution < -0.4 is 11.3 Å². The van der Waals surface area contributed by atoms with Crippen molar-refractivity contribution in [1.82, 2.24) is 9.78 Å². The van der Waals surface area contributed by atoms with E-state index >= 15 is 0 Å². The van der Waals surface area contributed by atoms with E-state index in [-0.39, 0.29) is 11.6 Å². The Hall–Kier alpha value is -1.16. The smallest absolute Gasteiger partial charge is 0.271 e. The maximum atomic E-state index is 12.1. The maximum absolute atomic E-state index is 12.1. The van der Waals surface area contributed by atoms with Gasteiger partial charge < -0.3 is 5.73 Å². The third-order valence-corrected chi connectivity index (χ3v) is 2.83. The summed E-state index contributed by atoms with van der Waals surface area (Å²) in [4.78, 5) is 12.1. The van der Waals surface area contributed by atoms with Gasteiger partial charge in [0, 0.05) is 18.2 Å². The molecule has 1 atom stereocenters. The Labute approximate surface area is 103 Å². The molecular weight excluding hydrogens is 214 g/mol. The first-order valence-corrected chi connectivity index (χ1v) is 6.34. The summed E-state index contributed by atoms with van der Waals surface area (Å²) in [6.45, 7) is 8.76. The molecule has 17 heavy (non-hydrogen) atoms. The summed E-state index contributed by atoms with van der Waals surface area (Å²) in [5.41, 5.74) is 7.40. The Morgan fingerprint density at radius 2 is 2.06 bits per heavy atom. The van der Waals surface area contributed by atoms with Crippen LogP contribution in [0.1, 0.15) is 63.8 Å². The van der Waals surface area contributed by atoms with Gasteiger partial charge in [-0.2, -0.15) is 5.10 Å². The minimum atomic E-state index is -0.240. The topological polar surface area (TPSA) is 60.9 Å². The fourth-order valence-electron chi connectivity index (χ4n) is 1.65. The van der Waals surface area contributed by atoms with Crippen LogP contribution in [0.2, 0.25) is 0 Å². The van der Waals surface area contributed by atoms with Crippen molar-refractivity contribution in [2.45, 2.75) is 59.0 Å². The highest BCUT2D eigenvalue weighted by molar-refractivity contribution is 5.18. The largest absolute Gasteiger partial charge is 0.324 e. The lowest BCUT2D eigenvalue weighted by Gasteiger charge is -2.13. The molecule has 0 bridgehead atoms. The number of nitrogens with two attached hydrogens (primary N) is 1. The number of nitrogens with zero attached hydrogens (tertiary/aromatic N) is 2. The van der Waals surface area contributed by atoms with Gasteiger partial charge in [0.2, 0.25) is 0 Å². The van der Waals surface area contributed by atoms with E-state index in [1.807, 2.05) is 13.0 Å². The molecule has 1 aromatic heterocycles. The molecule has 1 heterocycles. The molecule has 96 valence electrons. The van der Waals surface area contributed by atoms with Gasteiger partial charge in [-0.05, 0) is 25.3 Å². The average Bonchev–Trinajstić information content (AvgIpc) is 2.26. The second-order valence-electron chi connectivity index (χ2n) is 4.85. The quantitative estimate of drug-likeness (QED) is 0.854. The Morgan fingerprint density at radius 3 is 2.53 bits per heavy atom. The number of aromatic nitrogens is 2. The van der Waals surface area contributed by atoms with Crippen LogP contribution in [0, 0.1) is 0 Å². The maximum Gasteiger partial charge on any atom is 0.271 e. The third-order valence-electron chi connectivity index (χ3n) is 2.83. The molecule has 1 rings (SSSR count). The van der Waals surface area contributed by atoms with E-state index in [4.69, 9.17) is 5.73 Å². The second-order valence-corrected chi connectivity index (χ2v) is 4.85. The predicted molar refractivity (Wildman–Crippen MR) is 70.1 cm³/mol. The average molecular weight is 237 g/mol. The van der Waals surface area contributed by atoms with Crippen molar-refractivity contribution in [2.75, 3.05) is 0 Å². The highest BCUT2D eigenvalue weighted by Gasteiger charge is 2.13. The van der Waals surface area contributed by atoms with Crippen LogP contribution in [-0.4, -0.2) is 9.78 Å². The molecule has 1 unspecified atom stereocenters. The number of aryl methyl sites for hydroxylation is 1. The summed E-state index contributed by atoms with van der Waals surface area (Å²) in [7, 11) is 0. The van der Waals surface area contributed by atoms with E-state index < -0.39 is 0 Å². The van der Waals surface area contributed by atoms with Gasteiger partial charge in [0.25, 0.3) is 5.56 Å². The first-order valence-electron chi connectivity index (χ1n) is 6.34. The van der Waals surface area contributed by atoms with Crippen molar-refractivity contribution in [2.24, 2.45) is 5.73 Å². The number of rotatable bonds is 5. The van der Waals surface area contributed by atoms with E-state index in [0.717, 1.165) is 18.5 Å². The monoisotopic (exact) mass is 237 g/mol. The molecule has 2 N–H and O–H groups in total. The zero-order valence-electron chi connectivity index (χ0n) is 11.2. The minimum Gasteiger partial charge on any atom is -0.324 e. The van der Waals surface area contributed by atoms with Gasteiger partial charge in [-0.15, -0.1) is 0 Å².